The number of carboxylic acids is 1. The van der Waals surface area contributed by atoms with Crippen LogP contribution in [0, 0.1) is 0 Å². The monoisotopic (exact) mass is 316 g/mol. The number of aromatic nitrogens is 3. The molecule has 0 radical (unpaired) electrons. The van der Waals surface area contributed by atoms with E-state index in [9.17, 15) is 13.2 Å². The van der Waals surface area contributed by atoms with Crippen molar-refractivity contribution < 1.29 is 18.3 Å². The lowest BCUT2D eigenvalue weighted by atomic mass is 10.3. The number of nitrogens with one attached hydrogen (secondary N) is 1. The molecule has 2 heterocycles. The second-order valence-electron chi connectivity index (χ2n) is 4.09. The summed E-state index contributed by atoms with van der Waals surface area (Å²) in [5.74, 6) is -0.694. The van der Waals surface area contributed by atoms with Crippen LogP contribution in [-0.4, -0.2) is 34.3 Å². The molecule has 8 nitrogen and oxygen atoms in total. The lowest BCUT2D eigenvalue weighted by Gasteiger charge is -2.12. The maximum Gasteiger partial charge on any atom is 0.345 e. The number of hydrogen-bond acceptors (Lipinski definition) is 6. The molecular weight excluding hydrogens is 304 g/mol. The van der Waals surface area contributed by atoms with Crippen molar-refractivity contribution in [2.45, 2.75) is 17.9 Å². The van der Waals surface area contributed by atoms with E-state index in [2.05, 4.69) is 14.9 Å². The van der Waals surface area contributed by atoms with Gasteiger partial charge in [-0.25, -0.2) is 17.9 Å². The summed E-state index contributed by atoms with van der Waals surface area (Å²) in [6.07, 6.45) is 1.47. The van der Waals surface area contributed by atoms with Gasteiger partial charge < -0.3 is 9.67 Å². The predicted octanol–water partition coefficient (Wildman–Crippen LogP) is 0.614. The van der Waals surface area contributed by atoms with Gasteiger partial charge in [-0.2, -0.15) is 0 Å². The molecule has 108 valence electrons. The number of aromatic carboxylic acids is 1. The Bertz CT molecular complexity index is 734. The van der Waals surface area contributed by atoms with Crippen molar-refractivity contribution in [3.63, 3.8) is 0 Å². The molecule has 0 aliphatic carbocycles. The summed E-state index contributed by atoms with van der Waals surface area (Å²) in [7, 11) is -2.10. The van der Waals surface area contributed by atoms with Gasteiger partial charge >= 0.3 is 5.97 Å². The highest BCUT2D eigenvalue weighted by atomic mass is 32.2. The van der Waals surface area contributed by atoms with Gasteiger partial charge in [0.15, 0.2) is 0 Å². The Morgan fingerprint density at radius 3 is 2.75 bits per heavy atom. The molecule has 0 saturated carbocycles. The Morgan fingerprint density at radius 1 is 1.55 bits per heavy atom. The van der Waals surface area contributed by atoms with Gasteiger partial charge in [0.2, 0.25) is 10.0 Å². The Hall–Kier alpha value is -1.78. The minimum absolute atomic E-state index is 0.0308. The molecule has 0 fully saturated rings. The number of carboxylic acid groups (broad SMARTS) is 1. The van der Waals surface area contributed by atoms with E-state index in [0.29, 0.717) is 5.82 Å². The third kappa shape index (κ3) is 2.86. The van der Waals surface area contributed by atoms with Crippen molar-refractivity contribution >= 4 is 27.3 Å². The Labute approximate surface area is 119 Å². The van der Waals surface area contributed by atoms with Gasteiger partial charge in [0, 0.05) is 12.4 Å². The number of hydrogen-bond donors (Lipinski definition) is 2. The fraction of sp³-hybridized carbons (Fsp3) is 0.300. The molecule has 0 aromatic carbocycles. The van der Waals surface area contributed by atoms with E-state index in [-0.39, 0.29) is 9.77 Å². The molecule has 1 atom stereocenters. The summed E-state index contributed by atoms with van der Waals surface area (Å²) < 4.78 is 28.3. The van der Waals surface area contributed by atoms with E-state index in [1.54, 1.807) is 18.5 Å². The van der Waals surface area contributed by atoms with Crippen molar-refractivity contribution in [3.05, 3.63) is 28.5 Å². The van der Waals surface area contributed by atoms with Crippen LogP contribution in [0.4, 0.5) is 0 Å². The molecular formula is C10H12N4O4S2. The van der Waals surface area contributed by atoms with Crippen LogP contribution in [0.2, 0.25) is 0 Å². The summed E-state index contributed by atoms with van der Waals surface area (Å²) in [6.45, 7) is 1.63. The molecule has 0 amide bonds. The standard InChI is InChI=1S/C10H12N4O4S2/c1-6(9-12-11-5-14(9)2)13-20(17,18)7-3-8(10(15)16)19-4-7/h3-6,13H,1-2H3,(H,15,16). The van der Waals surface area contributed by atoms with Crippen LogP contribution in [0.25, 0.3) is 0 Å². The molecule has 2 N–H and O–H groups in total. The van der Waals surface area contributed by atoms with Crippen molar-refractivity contribution in [2.24, 2.45) is 7.05 Å². The van der Waals surface area contributed by atoms with Gasteiger partial charge in [0.05, 0.1) is 10.9 Å². The maximum atomic E-state index is 12.1. The van der Waals surface area contributed by atoms with Crippen molar-refractivity contribution in [1.29, 1.82) is 0 Å². The fourth-order valence-corrected chi connectivity index (χ4v) is 3.92. The van der Waals surface area contributed by atoms with Crippen LogP contribution >= 0.6 is 11.3 Å². The first-order valence-corrected chi connectivity index (χ1v) is 7.85. The van der Waals surface area contributed by atoms with Gasteiger partial charge in [-0.15, -0.1) is 21.5 Å². The first-order chi connectivity index (χ1) is 9.31. The van der Waals surface area contributed by atoms with Crippen LogP contribution in [-0.2, 0) is 17.1 Å². The number of sulfonamides is 1. The van der Waals surface area contributed by atoms with Crippen LogP contribution in [0.5, 0.6) is 0 Å². The zero-order valence-corrected chi connectivity index (χ0v) is 12.3. The SMILES string of the molecule is CC(NS(=O)(=O)c1csc(C(=O)O)c1)c1nncn1C. The first kappa shape index (κ1) is 14.6. The van der Waals surface area contributed by atoms with Crippen molar-refractivity contribution in [3.8, 4) is 0 Å². The molecule has 20 heavy (non-hydrogen) atoms. The normalized spacial score (nSPS) is 13.3. The molecule has 2 aromatic rings. The molecule has 0 aliphatic heterocycles. The Kier molecular flexibility index (Phi) is 3.88. The van der Waals surface area contributed by atoms with Crippen LogP contribution in [0.1, 0.15) is 28.5 Å². The molecule has 10 heteroatoms. The van der Waals surface area contributed by atoms with Crippen LogP contribution < -0.4 is 4.72 Å². The summed E-state index contributed by atoms with van der Waals surface area (Å²) >= 11 is 0.860. The molecule has 0 bridgehead atoms. The minimum Gasteiger partial charge on any atom is -0.477 e. The van der Waals surface area contributed by atoms with Gasteiger partial charge in [-0.05, 0) is 13.0 Å². The zero-order valence-electron chi connectivity index (χ0n) is 10.6. The lowest BCUT2D eigenvalue weighted by Crippen LogP contribution is -2.28. The topological polar surface area (TPSA) is 114 Å². The zero-order chi connectivity index (χ0) is 14.9. The molecule has 0 spiro atoms. The first-order valence-electron chi connectivity index (χ1n) is 5.49. The van der Waals surface area contributed by atoms with E-state index in [1.165, 1.54) is 11.7 Å². The third-order valence-electron chi connectivity index (χ3n) is 2.56. The van der Waals surface area contributed by atoms with E-state index in [4.69, 9.17) is 5.11 Å². The number of carbonyl (C=O) groups is 1. The van der Waals surface area contributed by atoms with Crippen molar-refractivity contribution in [1.82, 2.24) is 19.5 Å². The average Bonchev–Trinajstić information content (AvgIpc) is 2.96. The smallest absolute Gasteiger partial charge is 0.345 e. The number of aryl methyl sites for hydroxylation is 1. The van der Waals surface area contributed by atoms with E-state index in [0.717, 1.165) is 17.4 Å². The van der Waals surface area contributed by atoms with E-state index < -0.39 is 22.0 Å². The van der Waals surface area contributed by atoms with Crippen molar-refractivity contribution in [2.75, 3.05) is 0 Å². The molecule has 2 rings (SSSR count). The van der Waals surface area contributed by atoms with E-state index >= 15 is 0 Å². The highest BCUT2D eigenvalue weighted by Crippen LogP contribution is 2.21. The molecule has 0 aliphatic rings. The van der Waals surface area contributed by atoms with Gasteiger partial charge in [-0.1, -0.05) is 0 Å². The summed E-state index contributed by atoms with van der Waals surface area (Å²) in [5.41, 5.74) is 0. The Balaban J connectivity index is 2.22. The van der Waals surface area contributed by atoms with Gasteiger partial charge in [-0.3, -0.25) is 0 Å². The molecule has 0 saturated heterocycles. The summed E-state index contributed by atoms with van der Waals surface area (Å²) in [4.78, 5) is 10.7. The maximum absolute atomic E-state index is 12.1. The van der Waals surface area contributed by atoms with Gasteiger partial charge in [0.1, 0.15) is 17.0 Å². The fourth-order valence-electron chi connectivity index (χ4n) is 1.61. The second-order valence-corrected chi connectivity index (χ2v) is 6.72. The van der Waals surface area contributed by atoms with E-state index in [1.807, 2.05) is 0 Å². The second kappa shape index (κ2) is 5.31. The van der Waals surface area contributed by atoms with Crippen LogP contribution in [0.15, 0.2) is 22.7 Å². The highest BCUT2D eigenvalue weighted by molar-refractivity contribution is 7.89. The predicted molar refractivity (Wildman–Crippen MR) is 71.0 cm³/mol. The molecule has 1 unspecified atom stereocenters. The lowest BCUT2D eigenvalue weighted by molar-refractivity contribution is 0.0702. The van der Waals surface area contributed by atoms with Gasteiger partial charge in [0.25, 0.3) is 0 Å². The number of thiophene rings is 1. The summed E-state index contributed by atoms with van der Waals surface area (Å²) in [6, 6.07) is 0.541. The Morgan fingerprint density at radius 2 is 2.25 bits per heavy atom. The molecule has 2 aromatic heterocycles. The number of nitrogens with zero attached hydrogens (tertiary/aromatic N) is 3. The quantitative estimate of drug-likeness (QED) is 0.835. The minimum atomic E-state index is -3.80. The van der Waals surface area contributed by atoms with Crippen LogP contribution in [0.3, 0.4) is 0 Å². The highest BCUT2D eigenvalue weighted by Gasteiger charge is 2.23. The largest absolute Gasteiger partial charge is 0.477 e. The third-order valence-corrected chi connectivity index (χ3v) is 5.15. The number of rotatable bonds is 5. The average molecular weight is 316 g/mol. The summed E-state index contributed by atoms with van der Waals surface area (Å²) in [5, 5.41) is 17.6.